The Bertz CT molecular complexity index is 1440. The number of ether oxygens (including phenoxy) is 2. The van der Waals surface area contributed by atoms with Crippen LogP contribution in [-0.4, -0.2) is 95.6 Å². The summed E-state index contributed by atoms with van der Waals surface area (Å²) in [6.07, 6.45) is 3.19. The zero-order chi connectivity index (χ0) is 28.0. The molecule has 20 heteroatoms. The first kappa shape index (κ1) is 38.7. The molecule has 0 radical (unpaired) electrons. The van der Waals surface area contributed by atoms with Gasteiger partial charge in [-0.05, 0) is 26.0 Å². The van der Waals surface area contributed by atoms with E-state index < -0.39 is 73.9 Å². The molecule has 2 heterocycles. The maximum absolute atomic E-state index is 12.7. The van der Waals surface area contributed by atoms with E-state index in [1.54, 1.807) is 0 Å². The van der Waals surface area contributed by atoms with Gasteiger partial charge >= 0.3 is 115 Å². The summed E-state index contributed by atoms with van der Waals surface area (Å²) < 4.78 is 75.9. The summed E-state index contributed by atoms with van der Waals surface area (Å²) >= 11 is 0. The second-order valence-corrected chi connectivity index (χ2v) is 10.2. The number of esters is 2. The van der Waals surface area contributed by atoms with Gasteiger partial charge in [0.05, 0.1) is 69.2 Å². The zero-order valence-electron chi connectivity index (χ0n) is 21.5. The molecule has 1 aromatic rings. The fraction of sp³-hybridized carbons (Fsp3) is 0.421. The monoisotopic (exact) mass is 640 g/mol. The number of carbonyl (C=O) groups excluding carboxylic acids is 3. The fourth-order valence-electron chi connectivity index (χ4n) is 2.92. The molecule has 0 unspecified atom stereocenters. The number of amides is 1. The van der Waals surface area contributed by atoms with Gasteiger partial charge < -0.3 is 18.6 Å². The van der Waals surface area contributed by atoms with Gasteiger partial charge in [-0.1, -0.05) is 6.08 Å². The molecule has 1 N–H and O–H groups in total. The number of nitrogens with zero attached hydrogens (tertiary/aromatic N) is 3. The van der Waals surface area contributed by atoms with Crippen LogP contribution < -0.4 is 108 Å². The Balaban J connectivity index is 0.00000722. The normalized spacial score (nSPS) is 14.7. The molecule has 0 spiro atoms. The number of aromatic amines is 1. The van der Waals surface area contributed by atoms with Gasteiger partial charge in [0.2, 0.25) is 0 Å². The molecule has 0 aromatic carbocycles. The van der Waals surface area contributed by atoms with Gasteiger partial charge in [-0.3, -0.25) is 19.4 Å². The number of nitrogens with one attached hydrogen (secondary N) is 1. The molecule has 0 atom stereocenters. The summed E-state index contributed by atoms with van der Waals surface area (Å²) in [4.78, 5) is 49.9. The van der Waals surface area contributed by atoms with E-state index in [2.05, 4.69) is 10.2 Å². The summed E-state index contributed by atoms with van der Waals surface area (Å²) in [5.41, 5.74) is -2.42. The Morgan fingerprint density at radius 1 is 0.949 bits per heavy atom. The van der Waals surface area contributed by atoms with Crippen molar-refractivity contribution in [2.24, 2.45) is 5.10 Å². The molecule has 0 saturated heterocycles. The van der Waals surface area contributed by atoms with Gasteiger partial charge in [-0.2, -0.15) is 5.10 Å². The SMILES string of the molecule is CCOC(=O)C1=NN(CCS(=O)(=O)[O-])C(=O)/C1=C\C=Cc1c(C(=O)OCC)[nH]n(CCS(=O)(=O)[O-])c1=O.[K+].[K+]. The third-order valence-corrected chi connectivity index (χ3v) is 5.89. The van der Waals surface area contributed by atoms with Crippen molar-refractivity contribution in [1.29, 1.82) is 0 Å². The largest absolute Gasteiger partial charge is 1.00 e. The Hall–Kier alpha value is -0.337. The second-order valence-electron chi connectivity index (χ2n) is 7.14. The van der Waals surface area contributed by atoms with Crippen molar-refractivity contribution < 1.29 is 153 Å². The van der Waals surface area contributed by atoms with Crippen LogP contribution in [0.25, 0.3) is 6.08 Å². The minimum absolute atomic E-state index is 0. The maximum Gasteiger partial charge on any atom is 1.00 e. The molecule has 204 valence electrons. The van der Waals surface area contributed by atoms with E-state index in [1.807, 2.05) is 0 Å². The van der Waals surface area contributed by atoms with Crippen molar-refractivity contribution in [2.75, 3.05) is 31.3 Å². The van der Waals surface area contributed by atoms with Crippen molar-refractivity contribution in [3.05, 3.63) is 39.3 Å². The van der Waals surface area contributed by atoms with Crippen molar-refractivity contribution in [3.63, 3.8) is 0 Å². The number of allylic oxidation sites excluding steroid dienone is 2. The number of carbonyl (C=O) groups is 3. The third-order valence-electron chi connectivity index (χ3n) is 4.52. The minimum Gasteiger partial charge on any atom is -0.748 e. The third kappa shape index (κ3) is 11.8. The van der Waals surface area contributed by atoms with E-state index in [9.17, 15) is 45.1 Å². The van der Waals surface area contributed by atoms with Gasteiger partial charge in [0, 0.05) is 0 Å². The standard InChI is InChI=1S/C19H24N4O12S2.2K/c1-3-34-18(26)14-12(16(24)22(20-14)8-10-36(28,29)30)6-5-7-13-15(19(27)35-4-2)21-23(17(13)25)9-11-37(31,32)33;;/h5-7,20H,3-4,8-11H2,1-2H3,(H,28,29,30)(H,31,32,33);;/q;2*+1/p-2/b6-5?,13-7-;;. The van der Waals surface area contributed by atoms with Gasteiger partial charge in [0.1, 0.15) is 0 Å². The van der Waals surface area contributed by atoms with Gasteiger partial charge in [-0.15, -0.1) is 0 Å². The summed E-state index contributed by atoms with van der Waals surface area (Å²) in [5.74, 6) is -4.82. The van der Waals surface area contributed by atoms with Crippen molar-refractivity contribution in [3.8, 4) is 0 Å². The van der Waals surface area contributed by atoms with Crippen molar-refractivity contribution in [2.45, 2.75) is 20.4 Å². The molecule has 0 aliphatic carbocycles. The van der Waals surface area contributed by atoms with E-state index >= 15 is 0 Å². The number of hydrogen-bond acceptors (Lipinski definition) is 13. The summed E-state index contributed by atoms with van der Waals surface area (Å²) in [7, 11) is -9.37. The first-order valence-electron chi connectivity index (χ1n) is 10.5. The van der Waals surface area contributed by atoms with Crippen LogP contribution in [0.3, 0.4) is 0 Å². The number of H-pyrrole nitrogens is 1. The molecule has 16 nitrogen and oxygen atoms in total. The second kappa shape index (κ2) is 16.9. The van der Waals surface area contributed by atoms with Gasteiger partial charge in [0.15, 0.2) is 11.4 Å². The van der Waals surface area contributed by atoms with E-state index in [0.29, 0.717) is 9.69 Å². The Kier molecular flexibility index (Phi) is 16.8. The van der Waals surface area contributed by atoms with Gasteiger partial charge in [0.25, 0.3) is 11.5 Å². The summed E-state index contributed by atoms with van der Waals surface area (Å²) in [6, 6.07) is 0. The molecule has 1 amide bonds. The van der Waals surface area contributed by atoms with Gasteiger partial charge in [-0.25, -0.2) is 31.4 Å². The average Bonchev–Trinajstić information content (AvgIpc) is 3.27. The first-order chi connectivity index (χ1) is 17.2. The van der Waals surface area contributed by atoms with Crippen LogP contribution in [0, 0.1) is 0 Å². The summed E-state index contributed by atoms with van der Waals surface area (Å²) in [6.45, 7) is 1.65. The van der Waals surface area contributed by atoms with Crippen LogP contribution in [-0.2, 0) is 45.8 Å². The predicted octanol–water partition coefficient (Wildman–Crippen LogP) is -7.85. The van der Waals surface area contributed by atoms with E-state index in [-0.39, 0.29) is 133 Å². The van der Waals surface area contributed by atoms with E-state index in [1.165, 1.54) is 13.8 Å². The molecule has 2 rings (SSSR count). The number of hydrazone groups is 1. The van der Waals surface area contributed by atoms with Crippen LogP contribution in [0.15, 0.2) is 27.6 Å². The molecule has 1 aliphatic heterocycles. The maximum atomic E-state index is 12.7. The fourth-order valence-corrected chi connectivity index (χ4v) is 3.73. The molecule has 0 bridgehead atoms. The average molecular weight is 641 g/mol. The van der Waals surface area contributed by atoms with Crippen LogP contribution in [0.1, 0.15) is 29.9 Å². The smallest absolute Gasteiger partial charge is 0.748 e. The van der Waals surface area contributed by atoms with Crippen LogP contribution in [0.5, 0.6) is 0 Å². The number of rotatable bonds is 12. The Morgan fingerprint density at radius 2 is 1.49 bits per heavy atom. The Labute approximate surface area is 308 Å². The number of aryl methyl sites for hydroxylation is 1. The Morgan fingerprint density at radius 3 is 2.03 bits per heavy atom. The molecular weight excluding hydrogens is 619 g/mol. The summed E-state index contributed by atoms with van der Waals surface area (Å²) in [5, 5.41) is 6.69. The number of hydrogen-bond donors (Lipinski definition) is 1. The molecule has 1 aromatic heterocycles. The topological polar surface area (TPSA) is 237 Å². The minimum atomic E-state index is -4.69. The zero-order valence-corrected chi connectivity index (χ0v) is 29.4. The predicted molar refractivity (Wildman–Crippen MR) is 123 cm³/mol. The van der Waals surface area contributed by atoms with Crippen LogP contribution in [0.2, 0.25) is 0 Å². The number of aromatic nitrogens is 2. The molecule has 39 heavy (non-hydrogen) atoms. The van der Waals surface area contributed by atoms with E-state index in [4.69, 9.17) is 9.47 Å². The van der Waals surface area contributed by atoms with Crippen LogP contribution in [0.4, 0.5) is 0 Å². The van der Waals surface area contributed by atoms with Crippen LogP contribution >= 0.6 is 0 Å². The first-order valence-corrected chi connectivity index (χ1v) is 13.7. The molecule has 0 fully saturated rings. The quantitative estimate of drug-likeness (QED) is 0.0970. The van der Waals surface area contributed by atoms with E-state index in [0.717, 1.165) is 18.2 Å². The molecule has 1 aliphatic rings. The van der Waals surface area contributed by atoms with Crippen molar-refractivity contribution >= 4 is 49.9 Å². The molecule has 0 saturated carbocycles. The van der Waals surface area contributed by atoms with Crippen molar-refractivity contribution in [1.82, 2.24) is 14.8 Å². The molecular formula is C19H22K2N4O12S2.